The van der Waals surface area contributed by atoms with Crippen molar-refractivity contribution in [3.63, 3.8) is 0 Å². The Labute approximate surface area is 240 Å². The molecule has 0 radical (unpaired) electrons. The summed E-state index contributed by atoms with van der Waals surface area (Å²) in [5.41, 5.74) is 4.00. The van der Waals surface area contributed by atoms with Gasteiger partial charge in [0.15, 0.2) is 0 Å². The number of nitrogens with zero attached hydrogens (tertiary/aromatic N) is 2. The Kier molecular flexibility index (Phi) is 9.23. The van der Waals surface area contributed by atoms with E-state index in [-0.39, 0.29) is 0 Å². The zero-order chi connectivity index (χ0) is 27.5. The molecule has 0 atom stereocenters. The maximum Gasteiger partial charge on any atom is 0.241 e. The van der Waals surface area contributed by atoms with E-state index in [1.54, 1.807) is 0 Å². The Balaban J connectivity index is 0.000000162. The molecule has 4 heteroatoms. The van der Waals surface area contributed by atoms with Gasteiger partial charge in [0.1, 0.15) is 8.07 Å². The molecule has 0 aliphatic rings. The van der Waals surface area contributed by atoms with Gasteiger partial charge < -0.3 is 4.57 Å². The largest absolute Gasteiger partial charge is 0.340 e. The average Bonchev–Trinajstić information content (AvgIpc) is 3.56. The van der Waals surface area contributed by atoms with Crippen LogP contribution in [0.5, 0.6) is 0 Å². The molecule has 0 aliphatic heterocycles. The first-order valence-electron chi connectivity index (χ1n) is 14.0. The molecule has 5 aromatic carbocycles. The van der Waals surface area contributed by atoms with Crippen LogP contribution in [0.4, 0.5) is 0 Å². The summed E-state index contributed by atoms with van der Waals surface area (Å²) in [5.74, 6) is 0. The predicted molar refractivity (Wildman–Crippen MR) is 175 cm³/mol. The molecule has 0 saturated carbocycles. The second-order valence-electron chi connectivity index (χ2n) is 10.1. The third-order valence-electron chi connectivity index (χ3n) is 7.67. The lowest BCUT2D eigenvalue weighted by Gasteiger charge is -2.32. The molecule has 0 saturated heterocycles. The second-order valence-corrected chi connectivity index (χ2v) is 14.4. The number of benzene rings is 5. The Hall–Kier alpha value is -4.41. The zero-order valence-electron chi connectivity index (χ0n) is 23.1. The van der Waals surface area contributed by atoms with Crippen LogP contribution in [0.3, 0.4) is 0 Å². The third kappa shape index (κ3) is 6.41. The van der Waals surface area contributed by atoms with Gasteiger partial charge in [-0.1, -0.05) is 191 Å². The fourth-order valence-corrected chi connectivity index (χ4v) is 9.80. The number of hydrogen-bond donors (Lipinski definition) is 0. The highest BCUT2D eigenvalue weighted by atomic mass is 28.3. The molecular formula is C36H35BN2Si. The molecule has 0 amide bonds. The molecule has 2 nitrogen and oxygen atoms in total. The molecule has 6 rings (SSSR count). The van der Waals surface area contributed by atoms with Crippen LogP contribution in [0, 0.1) is 0 Å². The van der Waals surface area contributed by atoms with Crippen LogP contribution in [0.2, 0.25) is 6.04 Å². The van der Waals surface area contributed by atoms with Gasteiger partial charge in [0.05, 0.1) is 6.33 Å². The van der Waals surface area contributed by atoms with E-state index in [0.717, 1.165) is 6.17 Å². The fraction of sp³-hybridized carbons (Fsp3) is 0.0833. The Morgan fingerprint density at radius 3 is 1.25 bits per heavy atom. The summed E-state index contributed by atoms with van der Waals surface area (Å²) in [7, 11) is -1.80. The van der Waals surface area contributed by atoms with Gasteiger partial charge in [-0.2, -0.15) is 0 Å². The molecule has 0 bridgehead atoms. The number of rotatable bonds is 8. The van der Waals surface area contributed by atoms with Crippen molar-refractivity contribution in [2.75, 3.05) is 0 Å². The SMILES string of the molecule is CC[Si](Cn1ccnc1)(c1ccccc1)c1ccccc1.c1ccc(B(c2ccccc2)c2ccccc2)cc1. The molecule has 40 heavy (non-hydrogen) atoms. The lowest BCUT2D eigenvalue weighted by atomic mass is 9.37. The summed E-state index contributed by atoms with van der Waals surface area (Å²) in [6.45, 7) is 2.63. The molecule has 0 fully saturated rings. The van der Waals surface area contributed by atoms with Gasteiger partial charge in [-0.05, 0) is 0 Å². The molecule has 0 unspecified atom stereocenters. The quantitative estimate of drug-likeness (QED) is 0.254. The van der Waals surface area contributed by atoms with Gasteiger partial charge in [-0.15, -0.1) is 0 Å². The van der Waals surface area contributed by atoms with Crippen LogP contribution in [-0.4, -0.2) is 24.3 Å². The predicted octanol–water partition coefficient (Wildman–Crippen LogP) is 4.91. The van der Waals surface area contributed by atoms with E-state index in [9.17, 15) is 0 Å². The summed E-state index contributed by atoms with van der Waals surface area (Å²) in [4.78, 5) is 4.21. The van der Waals surface area contributed by atoms with Crippen molar-refractivity contribution in [1.82, 2.24) is 9.55 Å². The maximum absolute atomic E-state index is 4.21. The minimum absolute atomic E-state index is 0.309. The van der Waals surface area contributed by atoms with Crippen molar-refractivity contribution < 1.29 is 0 Å². The minimum atomic E-state index is -1.80. The van der Waals surface area contributed by atoms with Gasteiger partial charge in [0.2, 0.25) is 6.71 Å². The normalized spacial score (nSPS) is 10.8. The maximum atomic E-state index is 4.21. The molecule has 196 valence electrons. The van der Waals surface area contributed by atoms with E-state index in [2.05, 4.69) is 174 Å². The highest BCUT2D eigenvalue weighted by molar-refractivity contribution is 7.01. The van der Waals surface area contributed by atoms with E-state index in [1.807, 2.05) is 12.5 Å². The van der Waals surface area contributed by atoms with Gasteiger partial charge in [0.25, 0.3) is 0 Å². The second kappa shape index (κ2) is 13.6. The molecule has 0 aliphatic carbocycles. The van der Waals surface area contributed by atoms with E-state index >= 15 is 0 Å². The van der Waals surface area contributed by atoms with E-state index in [0.29, 0.717) is 6.71 Å². The van der Waals surface area contributed by atoms with Gasteiger partial charge >= 0.3 is 0 Å². The smallest absolute Gasteiger partial charge is 0.241 e. The standard InChI is InChI=1S/C18H15B.C18H20N2Si/c1-4-10-16(11-5-1)19(17-12-6-2-7-13-17)18-14-8-3-9-15-18;1-2-21(16-20-14-13-19-15-20,17-9-5-3-6-10-17)18-11-7-4-8-12-18/h1-15H;3-15H,2,16H2,1H3. The molecule has 6 aromatic rings. The van der Waals surface area contributed by atoms with Gasteiger partial charge in [-0.3, -0.25) is 0 Å². The molecule has 0 N–H and O–H groups in total. The highest BCUT2D eigenvalue weighted by Gasteiger charge is 2.35. The summed E-state index contributed by atoms with van der Waals surface area (Å²) in [6.07, 6.45) is 6.91. The van der Waals surface area contributed by atoms with Crippen LogP contribution >= 0.6 is 0 Å². The van der Waals surface area contributed by atoms with Crippen LogP contribution in [0.25, 0.3) is 0 Å². The summed E-state index contributed by atoms with van der Waals surface area (Å²) < 4.78 is 2.23. The summed E-state index contributed by atoms with van der Waals surface area (Å²) in [6, 6.07) is 55.2. The van der Waals surface area contributed by atoms with Crippen molar-refractivity contribution in [2.24, 2.45) is 0 Å². The Morgan fingerprint density at radius 2 is 0.925 bits per heavy atom. The minimum Gasteiger partial charge on any atom is -0.340 e. The number of aromatic nitrogens is 2. The zero-order valence-corrected chi connectivity index (χ0v) is 24.1. The van der Waals surface area contributed by atoms with Crippen LogP contribution in [0.15, 0.2) is 170 Å². The highest BCUT2D eigenvalue weighted by Crippen LogP contribution is 2.14. The van der Waals surface area contributed by atoms with E-state index in [1.165, 1.54) is 32.8 Å². The van der Waals surface area contributed by atoms with Crippen molar-refractivity contribution in [1.29, 1.82) is 0 Å². The first-order chi connectivity index (χ1) is 19.8. The molecule has 0 spiro atoms. The molecule has 1 heterocycles. The summed E-state index contributed by atoms with van der Waals surface area (Å²) >= 11 is 0. The van der Waals surface area contributed by atoms with Crippen molar-refractivity contribution >= 4 is 41.5 Å². The van der Waals surface area contributed by atoms with Crippen LogP contribution < -0.4 is 26.8 Å². The fourth-order valence-electron chi connectivity index (χ4n) is 5.59. The number of hydrogen-bond acceptors (Lipinski definition) is 1. The van der Waals surface area contributed by atoms with E-state index in [4.69, 9.17) is 0 Å². The van der Waals surface area contributed by atoms with Gasteiger partial charge in [-0.25, -0.2) is 4.98 Å². The van der Waals surface area contributed by atoms with E-state index < -0.39 is 8.07 Å². The van der Waals surface area contributed by atoms with Crippen LogP contribution in [-0.2, 0) is 6.17 Å². The van der Waals surface area contributed by atoms with Crippen molar-refractivity contribution in [2.45, 2.75) is 19.1 Å². The molecular weight excluding hydrogens is 499 g/mol. The molecule has 1 aromatic heterocycles. The van der Waals surface area contributed by atoms with Crippen molar-refractivity contribution in [3.05, 3.63) is 170 Å². The topological polar surface area (TPSA) is 17.8 Å². The number of imidazole rings is 1. The first-order valence-corrected chi connectivity index (χ1v) is 16.4. The average molecular weight is 535 g/mol. The van der Waals surface area contributed by atoms with Crippen LogP contribution in [0.1, 0.15) is 6.92 Å². The summed E-state index contributed by atoms with van der Waals surface area (Å²) in [5, 5.41) is 2.99. The lowest BCUT2D eigenvalue weighted by molar-refractivity contribution is 0.852. The Bertz CT molecular complexity index is 1390. The van der Waals surface area contributed by atoms with Crippen molar-refractivity contribution in [3.8, 4) is 0 Å². The third-order valence-corrected chi connectivity index (χ3v) is 12.7. The lowest BCUT2D eigenvalue weighted by Crippen LogP contribution is -2.60. The monoisotopic (exact) mass is 534 g/mol. The Morgan fingerprint density at radius 1 is 0.550 bits per heavy atom. The van der Waals surface area contributed by atoms with Gasteiger partial charge in [0, 0.05) is 18.6 Å². The first kappa shape index (κ1) is 27.2.